The minimum Gasteiger partial charge on any atom is -0.482 e. The molecule has 2 N–H and O–H groups in total. The third-order valence-corrected chi connectivity index (χ3v) is 2.83. The van der Waals surface area contributed by atoms with Gasteiger partial charge >= 0.3 is 0 Å². The van der Waals surface area contributed by atoms with E-state index >= 15 is 0 Å². The van der Waals surface area contributed by atoms with Crippen LogP contribution in [0.2, 0.25) is 5.02 Å². The molecule has 0 fully saturated rings. The van der Waals surface area contributed by atoms with Crippen molar-refractivity contribution >= 4 is 17.5 Å². The van der Waals surface area contributed by atoms with Gasteiger partial charge in [-0.3, -0.25) is 4.79 Å². The predicted octanol–water partition coefficient (Wildman–Crippen LogP) is 2.35. The van der Waals surface area contributed by atoms with Gasteiger partial charge in [0.05, 0.1) is 5.02 Å². The molecule has 5 heteroatoms. The molecule has 19 heavy (non-hydrogen) atoms. The van der Waals surface area contributed by atoms with E-state index in [0.29, 0.717) is 23.9 Å². The number of carbonyl (C=O) groups is 1. The highest BCUT2D eigenvalue weighted by atomic mass is 35.5. The number of carbonyl (C=O) groups excluding carboxylic acids is 1. The largest absolute Gasteiger partial charge is 0.482 e. The van der Waals surface area contributed by atoms with E-state index in [0.717, 1.165) is 18.5 Å². The molecule has 1 amide bonds. The lowest BCUT2D eigenvalue weighted by atomic mass is 10.2. The number of para-hydroxylation sites is 1. The molecule has 0 aliphatic heterocycles. The number of ether oxygens (including phenoxy) is 1. The molecule has 4 nitrogen and oxygen atoms in total. The second-order valence-corrected chi connectivity index (χ2v) is 4.55. The van der Waals surface area contributed by atoms with Gasteiger partial charge in [-0.25, -0.2) is 0 Å². The van der Waals surface area contributed by atoms with Crippen LogP contribution in [0.1, 0.15) is 25.8 Å². The van der Waals surface area contributed by atoms with Gasteiger partial charge < -0.3 is 15.4 Å². The van der Waals surface area contributed by atoms with Gasteiger partial charge in [0.25, 0.3) is 5.91 Å². The third kappa shape index (κ3) is 5.49. The summed E-state index contributed by atoms with van der Waals surface area (Å²) < 4.78 is 5.54. The van der Waals surface area contributed by atoms with Crippen molar-refractivity contribution in [3.8, 4) is 5.75 Å². The molecule has 0 unspecified atom stereocenters. The molecule has 0 aliphatic carbocycles. The van der Waals surface area contributed by atoms with E-state index in [9.17, 15) is 4.79 Å². The Hall–Kier alpha value is -1.26. The van der Waals surface area contributed by atoms with Crippen LogP contribution < -0.4 is 15.4 Å². The maximum absolute atomic E-state index is 11.5. The van der Waals surface area contributed by atoms with E-state index in [4.69, 9.17) is 16.3 Å². The molecule has 1 aromatic carbocycles. The maximum Gasteiger partial charge on any atom is 0.257 e. The molecule has 1 aromatic rings. The fraction of sp³-hybridized carbons (Fsp3) is 0.500. The minimum atomic E-state index is -0.129. The van der Waals surface area contributed by atoms with Crippen LogP contribution in [0.15, 0.2) is 18.2 Å². The van der Waals surface area contributed by atoms with E-state index in [1.54, 1.807) is 6.07 Å². The summed E-state index contributed by atoms with van der Waals surface area (Å²) in [6, 6.07) is 5.57. The summed E-state index contributed by atoms with van der Waals surface area (Å²) in [5.74, 6) is 0.452. The lowest BCUT2D eigenvalue weighted by Crippen LogP contribution is -2.29. The highest BCUT2D eigenvalue weighted by Gasteiger charge is 2.10. The monoisotopic (exact) mass is 284 g/mol. The maximum atomic E-state index is 11.5. The Morgan fingerprint density at radius 2 is 2.16 bits per heavy atom. The second-order valence-electron chi connectivity index (χ2n) is 4.15. The van der Waals surface area contributed by atoms with E-state index < -0.39 is 0 Å². The highest BCUT2D eigenvalue weighted by Crippen LogP contribution is 2.28. The van der Waals surface area contributed by atoms with E-state index in [2.05, 4.69) is 10.6 Å². The Morgan fingerprint density at radius 1 is 1.37 bits per heavy atom. The molecule has 106 valence electrons. The zero-order valence-corrected chi connectivity index (χ0v) is 12.2. The SMILES string of the molecule is CCCNC(=O)COc1c(Cl)cccc1CNCC. The molecule has 0 heterocycles. The summed E-state index contributed by atoms with van der Waals surface area (Å²) >= 11 is 6.11. The summed E-state index contributed by atoms with van der Waals surface area (Å²) in [6.07, 6.45) is 0.906. The average molecular weight is 285 g/mol. The van der Waals surface area contributed by atoms with Crippen LogP contribution in [0.3, 0.4) is 0 Å². The molecule has 1 rings (SSSR count). The smallest absolute Gasteiger partial charge is 0.257 e. The van der Waals surface area contributed by atoms with E-state index in [1.165, 1.54) is 0 Å². The van der Waals surface area contributed by atoms with Crippen molar-refractivity contribution < 1.29 is 9.53 Å². The van der Waals surface area contributed by atoms with Gasteiger partial charge in [0.1, 0.15) is 5.75 Å². The van der Waals surface area contributed by atoms with Gasteiger partial charge in [-0.15, -0.1) is 0 Å². The zero-order valence-electron chi connectivity index (χ0n) is 11.5. The van der Waals surface area contributed by atoms with Crippen molar-refractivity contribution in [2.24, 2.45) is 0 Å². The molecular formula is C14H21ClN2O2. The fourth-order valence-electron chi connectivity index (χ4n) is 1.57. The summed E-state index contributed by atoms with van der Waals surface area (Å²) in [4.78, 5) is 11.5. The van der Waals surface area contributed by atoms with Crippen LogP contribution in [0.5, 0.6) is 5.75 Å². The number of nitrogens with one attached hydrogen (secondary N) is 2. The number of amides is 1. The minimum absolute atomic E-state index is 0.0111. The Kier molecular flexibility index (Phi) is 7.30. The summed E-state index contributed by atoms with van der Waals surface area (Å²) in [7, 11) is 0. The molecule has 0 saturated heterocycles. The zero-order chi connectivity index (χ0) is 14.1. The van der Waals surface area contributed by atoms with Gasteiger partial charge in [0, 0.05) is 18.7 Å². The Bertz CT molecular complexity index is 410. The van der Waals surface area contributed by atoms with Crippen LogP contribution >= 0.6 is 11.6 Å². The topological polar surface area (TPSA) is 50.4 Å². The van der Waals surface area contributed by atoms with Crippen LogP contribution in [-0.4, -0.2) is 25.6 Å². The molecule has 0 bridgehead atoms. The van der Waals surface area contributed by atoms with Crippen molar-refractivity contribution in [1.29, 1.82) is 0 Å². The van der Waals surface area contributed by atoms with E-state index in [1.807, 2.05) is 26.0 Å². The molecule has 0 saturated carbocycles. The number of benzene rings is 1. The molecule has 0 aromatic heterocycles. The standard InChI is InChI=1S/C14H21ClN2O2/c1-3-8-17-13(18)10-19-14-11(9-16-4-2)6-5-7-12(14)15/h5-7,16H,3-4,8-10H2,1-2H3,(H,17,18). The van der Waals surface area contributed by atoms with Gasteiger partial charge in [-0.2, -0.15) is 0 Å². The predicted molar refractivity (Wildman–Crippen MR) is 77.6 cm³/mol. The first-order chi connectivity index (χ1) is 9.19. The van der Waals surface area contributed by atoms with Crippen LogP contribution in [-0.2, 0) is 11.3 Å². The third-order valence-electron chi connectivity index (χ3n) is 2.53. The number of hydrogen-bond acceptors (Lipinski definition) is 3. The highest BCUT2D eigenvalue weighted by molar-refractivity contribution is 6.32. The first kappa shape index (κ1) is 15.8. The lowest BCUT2D eigenvalue weighted by Gasteiger charge is -2.13. The fourth-order valence-corrected chi connectivity index (χ4v) is 1.82. The van der Waals surface area contributed by atoms with Crippen LogP contribution in [0.25, 0.3) is 0 Å². The molecule has 0 aliphatic rings. The Labute approximate surface area is 119 Å². The van der Waals surface area contributed by atoms with Crippen molar-refractivity contribution in [3.63, 3.8) is 0 Å². The first-order valence-corrected chi connectivity index (χ1v) is 6.94. The van der Waals surface area contributed by atoms with Crippen molar-refractivity contribution in [2.75, 3.05) is 19.7 Å². The van der Waals surface area contributed by atoms with Gasteiger partial charge in [0.2, 0.25) is 0 Å². The molecule has 0 atom stereocenters. The summed E-state index contributed by atoms with van der Waals surface area (Å²) in [6.45, 7) is 6.22. The Morgan fingerprint density at radius 3 is 2.84 bits per heavy atom. The number of rotatable bonds is 8. The molecular weight excluding hydrogens is 264 g/mol. The summed E-state index contributed by atoms with van der Waals surface area (Å²) in [5.41, 5.74) is 0.956. The number of hydrogen-bond donors (Lipinski definition) is 2. The average Bonchev–Trinajstić information content (AvgIpc) is 2.41. The van der Waals surface area contributed by atoms with Gasteiger partial charge in [-0.05, 0) is 19.0 Å². The number of halogens is 1. The van der Waals surface area contributed by atoms with E-state index in [-0.39, 0.29) is 12.5 Å². The van der Waals surface area contributed by atoms with Gasteiger partial charge in [-0.1, -0.05) is 37.6 Å². The van der Waals surface area contributed by atoms with Crippen molar-refractivity contribution in [1.82, 2.24) is 10.6 Å². The normalized spacial score (nSPS) is 10.3. The van der Waals surface area contributed by atoms with Gasteiger partial charge in [0.15, 0.2) is 6.61 Å². The van der Waals surface area contributed by atoms with Crippen molar-refractivity contribution in [2.45, 2.75) is 26.8 Å². The van der Waals surface area contributed by atoms with Crippen LogP contribution in [0, 0.1) is 0 Å². The first-order valence-electron chi connectivity index (χ1n) is 6.56. The second kappa shape index (κ2) is 8.77. The quantitative estimate of drug-likeness (QED) is 0.770. The lowest BCUT2D eigenvalue weighted by molar-refractivity contribution is -0.123. The summed E-state index contributed by atoms with van der Waals surface area (Å²) in [5, 5.41) is 6.50. The molecule has 0 spiro atoms. The Balaban J connectivity index is 2.62. The van der Waals surface area contributed by atoms with Crippen LogP contribution in [0.4, 0.5) is 0 Å². The van der Waals surface area contributed by atoms with Crippen molar-refractivity contribution in [3.05, 3.63) is 28.8 Å². The molecule has 0 radical (unpaired) electrons.